The molecule has 4 nitrogen and oxygen atoms in total. The predicted molar refractivity (Wildman–Crippen MR) is 57.9 cm³/mol. The Morgan fingerprint density at radius 3 is 2.33 bits per heavy atom. The zero-order valence-corrected chi connectivity index (χ0v) is 9.90. The molecule has 0 spiro atoms. The van der Waals surface area contributed by atoms with Gasteiger partial charge in [0.05, 0.1) is 12.2 Å². The minimum Gasteiger partial charge on any atom is -0.393 e. The zero-order chi connectivity index (χ0) is 12.0. The number of hydrogen-bond acceptors (Lipinski definition) is 3. The SMILES string of the molecule is CC(O)CCN(C)C(=O)C(C#N)C(C)C. The number of amides is 1. The van der Waals surface area contributed by atoms with Crippen LogP contribution in [0.25, 0.3) is 0 Å². The van der Waals surface area contributed by atoms with E-state index in [4.69, 9.17) is 10.4 Å². The molecule has 2 unspecified atom stereocenters. The summed E-state index contributed by atoms with van der Waals surface area (Å²) in [5.74, 6) is -0.714. The minimum absolute atomic E-state index is 0.0245. The Labute approximate surface area is 91.5 Å². The molecule has 0 radical (unpaired) electrons. The summed E-state index contributed by atoms with van der Waals surface area (Å²) in [5.41, 5.74) is 0. The van der Waals surface area contributed by atoms with Crippen LogP contribution in [0, 0.1) is 23.2 Å². The molecule has 0 fully saturated rings. The number of carbonyl (C=O) groups is 1. The lowest BCUT2D eigenvalue weighted by Crippen LogP contribution is -2.36. The van der Waals surface area contributed by atoms with Gasteiger partial charge in [-0.25, -0.2) is 0 Å². The molecule has 0 aliphatic rings. The number of nitrogens with zero attached hydrogens (tertiary/aromatic N) is 2. The Bertz CT molecular complexity index is 243. The molecule has 0 saturated carbocycles. The van der Waals surface area contributed by atoms with Crippen molar-refractivity contribution in [3.63, 3.8) is 0 Å². The van der Waals surface area contributed by atoms with Crippen LogP contribution < -0.4 is 0 Å². The Morgan fingerprint density at radius 1 is 1.47 bits per heavy atom. The van der Waals surface area contributed by atoms with E-state index in [-0.39, 0.29) is 11.8 Å². The second-order valence-corrected chi connectivity index (χ2v) is 4.25. The van der Waals surface area contributed by atoms with E-state index in [1.54, 1.807) is 14.0 Å². The Kier molecular flexibility index (Phi) is 5.95. The number of carbonyl (C=O) groups excluding carboxylic acids is 1. The lowest BCUT2D eigenvalue weighted by Gasteiger charge is -2.22. The maximum Gasteiger partial charge on any atom is 0.239 e. The highest BCUT2D eigenvalue weighted by atomic mass is 16.3. The molecular weight excluding hydrogens is 192 g/mol. The van der Waals surface area contributed by atoms with Gasteiger partial charge in [0.1, 0.15) is 5.92 Å². The van der Waals surface area contributed by atoms with Crippen LogP contribution in [0.1, 0.15) is 27.2 Å². The molecule has 1 amide bonds. The van der Waals surface area contributed by atoms with Crippen LogP contribution in [0.4, 0.5) is 0 Å². The van der Waals surface area contributed by atoms with Crippen LogP contribution in [0.2, 0.25) is 0 Å². The summed E-state index contributed by atoms with van der Waals surface area (Å²) in [4.78, 5) is 13.3. The third-order valence-corrected chi connectivity index (χ3v) is 2.33. The van der Waals surface area contributed by atoms with Crippen LogP contribution in [-0.2, 0) is 4.79 Å². The fraction of sp³-hybridized carbons (Fsp3) is 0.818. The fourth-order valence-corrected chi connectivity index (χ4v) is 1.22. The summed E-state index contributed by atoms with van der Waals surface area (Å²) in [5, 5.41) is 17.9. The minimum atomic E-state index is -0.580. The molecule has 0 aromatic rings. The first-order chi connectivity index (χ1) is 6.90. The fourth-order valence-electron chi connectivity index (χ4n) is 1.22. The summed E-state index contributed by atoms with van der Waals surface area (Å²) < 4.78 is 0. The number of rotatable bonds is 5. The van der Waals surface area contributed by atoms with Gasteiger partial charge in [0.25, 0.3) is 0 Å². The first-order valence-corrected chi connectivity index (χ1v) is 5.22. The molecule has 1 N–H and O–H groups in total. The van der Waals surface area contributed by atoms with Gasteiger partial charge in [-0.15, -0.1) is 0 Å². The van der Waals surface area contributed by atoms with Gasteiger partial charge in [0, 0.05) is 13.6 Å². The highest BCUT2D eigenvalue weighted by Crippen LogP contribution is 2.12. The molecule has 0 aliphatic heterocycles. The van der Waals surface area contributed by atoms with Crippen LogP contribution in [0.3, 0.4) is 0 Å². The molecule has 0 saturated heterocycles. The van der Waals surface area contributed by atoms with E-state index < -0.39 is 12.0 Å². The zero-order valence-electron chi connectivity index (χ0n) is 9.90. The summed E-state index contributed by atoms with van der Waals surface area (Å²) >= 11 is 0. The van der Waals surface area contributed by atoms with E-state index in [0.29, 0.717) is 13.0 Å². The Morgan fingerprint density at radius 2 is 2.00 bits per heavy atom. The summed E-state index contributed by atoms with van der Waals surface area (Å²) in [6, 6.07) is 2.02. The quantitative estimate of drug-likeness (QED) is 0.739. The van der Waals surface area contributed by atoms with E-state index in [2.05, 4.69) is 0 Å². The average Bonchev–Trinajstić information content (AvgIpc) is 2.14. The number of aliphatic hydroxyl groups is 1. The van der Waals surface area contributed by atoms with E-state index in [9.17, 15) is 4.79 Å². The summed E-state index contributed by atoms with van der Waals surface area (Å²) in [6.45, 7) is 5.88. The molecule has 0 aliphatic carbocycles. The van der Waals surface area contributed by atoms with Crippen LogP contribution in [0.15, 0.2) is 0 Å². The van der Waals surface area contributed by atoms with Crippen molar-refractivity contribution in [2.24, 2.45) is 11.8 Å². The van der Waals surface area contributed by atoms with Crippen molar-refractivity contribution in [3.8, 4) is 6.07 Å². The van der Waals surface area contributed by atoms with Gasteiger partial charge in [-0.2, -0.15) is 5.26 Å². The predicted octanol–water partition coefficient (Wildman–Crippen LogP) is 1.01. The molecule has 86 valence electrons. The second kappa shape index (κ2) is 6.41. The topological polar surface area (TPSA) is 64.3 Å². The first-order valence-electron chi connectivity index (χ1n) is 5.22. The standard InChI is InChI=1S/C11H20N2O2/c1-8(2)10(7-12)11(15)13(4)6-5-9(3)14/h8-10,14H,5-6H2,1-4H3. The average molecular weight is 212 g/mol. The van der Waals surface area contributed by atoms with Crippen molar-refractivity contribution in [3.05, 3.63) is 0 Å². The van der Waals surface area contributed by atoms with Gasteiger partial charge in [-0.05, 0) is 19.3 Å². The maximum atomic E-state index is 11.8. The van der Waals surface area contributed by atoms with Crippen molar-refractivity contribution in [1.82, 2.24) is 4.90 Å². The molecular formula is C11H20N2O2. The van der Waals surface area contributed by atoms with Crippen molar-refractivity contribution in [2.45, 2.75) is 33.3 Å². The number of nitriles is 1. The van der Waals surface area contributed by atoms with Crippen molar-refractivity contribution in [2.75, 3.05) is 13.6 Å². The van der Waals surface area contributed by atoms with Crippen LogP contribution in [0.5, 0.6) is 0 Å². The summed E-state index contributed by atoms with van der Waals surface area (Å²) in [6.07, 6.45) is 0.123. The lowest BCUT2D eigenvalue weighted by atomic mass is 9.96. The van der Waals surface area contributed by atoms with E-state index >= 15 is 0 Å². The highest BCUT2D eigenvalue weighted by Gasteiger charge is 2.24. The molecule has 0 rings (SSSR count). The monoisotopic (exact) mass is 212 g/mol. The van der Waals surface area contributed by atoms with E-state index in [1.165, 1.54) is 4.90 Å². The molecule has 0 aromatic carbocycles. The molecule has 0 heterocycles. The van der Waals surface area contributed by atoms with Crippen molar-refractivity contribution >= 4 is 5.91 Å². The molecule has 0 bridgehead atoms. The van der Waals surface area contributed by atoms with E-state index in [0.717, 1.165) is 0 Å². The largest absolute Gasteiger partial charge is 0.393 e. The number of hydrogen-bond donors (Lipinski definition) is 1. The second-order valence-electron chi connectivity index (χ2n) is 4.25. The lowest BCUT2D eigenvalue weighted by molar-refractivity contribution is -0.133. The Balaban J connectivity index is 4.25. The Hall–Kier alpha value is -1.08. The summed E-state index contributed by atoms with van der Waals surface area (Å²) in [7, 11) is 1.66. The van der Waals surface area contributed by atoms with Gasteiger partial charge in [-0.3, -0.25) is 4.79 Å². The maximum absolute atomic E-state index is 11.8. The van der Waals surface area contributed by atoms with Crippen molar-refractivity contribution < 1.29 is 9.90 Å². The highest BCUT2D eigenvalue weighted by molar-refractivity contribution is 5.81. The van der Waals surface area contributed by atoms with Gasteiger partial charge < -0.3 is 10.0 Å². The molecule has 2 atom stereocenters. The van der Waals surface area contributed by atoms with Crippen LogP contribution in [-0.4, -0.2) is 35.6 Å². The van der Waals surface area contributed by atoms with Crippen LogP contribution >= 0.6 is 0 Å². The third kappa shape index (κ3) is 4.80. The smallest absolute Gasteiger partial charge is 0.239 e. The third-order valence-electron chi connectivity index (χ3n) is 2.33. The van der Waals surface area contributed by atoms with Gasteiger partial charge in [0.2, 0.25) is 5.91 Å². The molecule has 15 heavy (non-hydrogen) atoms. The van der Waals surface area contributed by atoms with Gasteiger partial charge >= 0.3 is 0 Å². The normalized spacial score (nSPS) is 14.5. The van der Waals surface area contributed by atoms with Crippen molar-refractivity contribution in [1.29, 1.82) is 5.26 Å². The first kappa shape index (κ1) is 13.9. The van der Waals surface area contributed by atoms with E-state index in [1.807, 2.05) is 19.9 Å². The molecule has 0 aromatic heterocycles. The van der Waals surface area contributed by atoms with Gasteiger partial charge in [-0.1, -0.05) is 13.8 Å². The molecule has 4 heteroatoms. The van der Waals surface area contributed by atoms with Gasteiger partial charge in [0.15, 0.2) is 0 Å². The number of aliphatic hydroxyl groups excluding tert-OH is 1.